The molecule has 5 aromatic rings. The second kappa shape index (κ2) is 9.61. The van der Waals surface area contributed by atoms with Gasteiger partial charge in [-0.25, -0.2) is 5.43 Å². The monoisotopic (exact) mass is 462 g/mol. The number of carbonyl (C=O) groups is 1. The minimum Gasteiger partial charge on any atom is -0.342 e. The molecule has 0 aliphatic carbocycles. The van der Waals surface area contributed by atoms with Crippen molar-refractivity contribution in [3.63, 3.8) is 0 Å². The molecule has 0 aliphatic heterocycles. The van der Waals surface area contributed by atoms with Crippen LogP contribution in [-0.4, -0.2) is 21.6 Å². The molecule has 0 saturated carbocycles. The summed E-state index contributed by atoms with van der Waals surface area (Å²) in [6.07, 6.45) is 3.50. The number of fused-ring (bicyclic) bond motifs is 2. The Morgan fingerprint density at radius 2 is 1.57 bits per heavy atom. The zero-order valence-corrected chi connectivity index (χ0v) is 18.8. The maximum atomic E-state index is 12.4. The van der Waals surface area contributed by atoms with Crippen LogP contribution in [0.5, 0.6) is 0 Å². The Bertz CT molecular complexity index is 1580. The van der Waals surface area contributed by atoms with Crippen LogP contribution in [-0.2, 0) is 17.8 Å². The molecule has 0 aliphatic rings. The van der Waals surface area contributed by atoms with E-state index in [-0.39, 0.29) is 12.1 Å². The number of aromatic nitrogens is 1. The molecular formula is C28H22N4O3. The van der Waals surface area contributed by atoms with Crippen LogP contribution < -0.4 is 5.43 Å². The summed E-state index contributed by atoms with van der Waals surface area (Å²) in [4.78, 5) is 23.0. The Labute approximate surface area is 201 Å². The van der Waals surface area contributed by atoms with Gasteiger partial charge in [-0.05, 0) is 22.4 Å². The van der Waals surface area contributed by atoms with E-state index < -0.39 is 10.8 Å². The van der Waals surface area contributed by atoms with Crippen LogP contribution in [0, 0.1) is 10.1 Å². The molecule has 1 amide bonds. The van der Waals surface area contributed by atoms with Crippen LogP contribution in [0.2, 0.25) is 0 Å². The molecule has 7 heteroatoms. The average molecular weight is 463 g/mol. The first-order valence-electron chi connectivity index (χ1n) is 11.2. The lowest BCUT2D eigenvalue weighted by molar-refractivity contribution is -0.385. The first-order chi connectivity index (χ1) is 17.1. The Hall–Kier alpha value is -4.78. The predicted molar refractivity (Wildman–Crippen MR) is 138 cm³/mol. The molecule has 35 heavy (non-hydrogen) atoms. The highest BCUT2D eigenvalue weighted by Gasteiger charge is 2.15. The first kappa shape index (κ1) is 22.0. The van der Waals surface area contributed by atoms with Gasteiger partial charge in [0.15, 0.2) is 0 Å². The van der Waals surface area contributed by atoms with Gasteiger partial charge in [-0.2, -0.15) is 5.10 Å². The summed E-state index contributed by atoms with van der Waals surface area (Å²) < 4.78 is 2.17. The highest BCUT2D eigenvalue weighted by molar-refractivity contribution is 6.00. The molecule has 0 saturated heterocycles. The second-order valence-electron chi connectivity index (χ2n) is 8.22. The fraction of sp³-hybridized carbons (Fsp3) is 0.0714. The molecule has 1 heterocycles. The van der Waals surface area contributed by atoms with Crippen LogP contribution in [0.25, 0.3) is 21.7 Å². The Balaban J connectivity index is 1.37. The molecule has 0 radical (unpaired) electrons. The molecule has 1 aromatic heterocycles. The molecule has 5 rings (SSSR count). The van der Waals surface area contributed by atoms with E-state index in [0.29, 0.717) is 12.1 Å². The van der Waals surface area contributed by atoms with E-state index in [1.807, 2.05) is 36.5 Å². The molecule has 4 aromatic carbocycles. The van der Waals surface area contributed by atoms with Crippen molar-refractivity contribution in [2.45, 2.75) is 13.0 Å². The molecule has 1 N–H and O–H groups in total. The molecule has 0 spiro atoms. The maximum Gasteiger partial charge on any atom is 0.273 e. The number of nitrogens with one attached hydrogen (secondary N) is 1. The number of nitro benzene ring substituents is 1. The van der Waals surface area contributed by atoms with Gasteiger partial charge in [0.2, 0.25) is 5.91 Å². The zero-order valence-electron chi connectivity index (χ0n) is 18.8. The van der Waals surface area contributed by atoms with Crippen molar-refractivity contribution >= 4 is 39.5 Å². The number of carbonyl (C=O) groups excluding carboxylic acids is 1. The molecular weight excluding hydrogens is 440 g/mol. The predicted octanol–water partition coefficient (Wildman–Crippen LogP) is 5.44. The second-order valence-corrected chi connectivity index (χ2v) is 8.22. The third-order valence-corrected chi connectivity index (χ3v) is 5.97. The number of hydrogen-bond donors (Lipinski definition) is 1. The minimum atomic E-state index is -0.489. The summed E-state index contributed by atoms with van der Waals surface area (Å²) in [6.45, 7) is 0.694. The van der Waals surface area contributed by atoms with Crippen molar-refractivity contribution in [1.82, 2.24) is 9.99 Å². The standard InChI is InChI=1S/C28H22N4O3/c33-28(16-21-9-2-5-14-26(21)32(34)35)30-29-17-23-19-31(27-15-6-4-13-25(23)27)18-22-11-7-10-20-8-1-3-12-24(20)22/h1-15,17,19H,16,18H2,(H,30,33)/b29-17+. The Morgan fingerprint density at radius 3 is 2.43 bits per heavy atom. The number of hydrogen-bond acceptors (Lipinski definition) is 4. The SMILES string of the molecule is O=C(Cc1ccccc1[N+](=O)[O-])N/N=C/c1cn(Cc2cccc3ccccc23)c2ccccc12. The number of rotatable bonds is 7. The summed E-state index contributed by atoms with van der Waals surface area (Å²) >= 11 is 0. The number of para-hydroxylation sites is 2. The van der Waals surface area contributed by atoms with Crippen molar-refractivity contribution in [2.75, 3.05) is 0 Å². The average Bonchev–Trinajstić information content (AvgIpc) is 3.22. The minimum absolute atomic E-state index is 0.0804. The van der Waals surface area contributed by atoms with Crippen molar-refractivity contribution in [2.24, 2.45) is 5.10 Å². The van der Waals surface area contributed by atoms with Crippen LogP contribution >= 0.6 is 0 Å². The topological polar surface area (TPSA) is 89.5 Å². The van der Waals surface area contributed by atoms with Gasteiger partial charge in [-0.1, -0.05) is 78.9 Å². The normalized spacial score (nSPS) is 11.3. The molecule has 172 valence electrons. The van der Waals surface area contributed by atoms with Crippen LogP contribution in [0.15, 0.2) is 102 Å². The Kier molecular flexibility index (Phi) is 6.05. The molecule has 0 atom stereocenters. The maximum absolute atomic E-state index is 12.4. The van der Waals surface area contributed by atoms with Gasteiger partial charge in [0.1, 0.15) is 0 Å². The molecule has 0 fully saturated rings. The fourth-order valence-corrected chi connectivity index (χ4v) is 4.35. The number of benzene rings is 4. The fourth-order valence-electron chi connectivity index (χ4n) is 4.35. The van der Waals surface area contributed by atoms with Crippen LogP contribution in [0.4, 0.5) is 5.69 Å². The van der Waals surface area contributed by atoms with Crippen molar-refractivity contribution in [3.05, 3.63) is 124 Å². The van der Waals surface area contributed by atoms with E-state index in [1.165, 1.54) is 22.4 Å². The number of amides is 1. The lowest BCUT2D eigenvalue weighted by Gasteiger charge is -2.09. The Morgan fingerprint density at radius 1 is 0.886 bits per heavy atom. The number of hydrazone groups is 1. The van der Waals surface area contributed by atoms with Gasteiger partial charge in [0.25, 0.3) is 5.69 Å². The van der Waals surface area contributed by atoms with E-state index in [0.717, 1.165) is 16.5 Å². The lowest BCUT2D eigenvalue weighted by Crippen LogP contribution is -2.20. The smallest absolute Gasteiger partial charge is 0.273 e. The first-order valence-corrected chi connectivity index (χ1v) is 11.2. The zero-order chi connectivity index (χ0) is 24.2. The van der Waals surface area contributed by atoms with Crippen molar-refractivity contribution in [1.29, 1.82) is 0 Å². The number of nitro groups is 1. The summed E-state index contributed by atoms with van der Waals surface area (Å²) in [6, 6.07) is 28.9. The summed E-state index contributed by atoms with van der Waals surface area (Å²) in [5, 5.41) is 18.7. The van der Waals surface area contributed by atoms with Gasteiger partial charge in [0.05, 0.1) is 17.6 Å². The van der Waals surface area contributed by atoms with E-state index in [9.17, 15) is 14.9 Å². The van der Waals surface area contributed by atoms with Gasteiger partial charge >= 0.3 is 0 Å². The van der Waals surface area contributed by atoms with Crippen molar-refractivity contribution < 1.29 is 9.72 Å². The molecule has 0 bridgehead atoms. The van der Waals surface area contributed by atoms with Gasteiger partial charge in [-0.15, -0.1) is 0 Å². The molecule has 7 nitrogen and oxygen atoms in total. The molecule has 0 unspecified atom stereocenters. The van der Waals surface area contributed by atoms with E-state index in [1.54, 1.807) is 24.4 Å². The van der Waals surface area contributed by atoms with E-state index in [4.69, 9.17) is 0 Å². The summed E-state index contributed by atoms with van der Waals surface area (Å²) in [5.74, 6) is -0.421. The summed E-state index contributed by atoms with van der Waals surface area (Å²) in [5.41, 5.74) is 5.90. The summed E-state index contributed by atoms with van der Waals surface area (Å²) in [7, 11) is 0. The highest BCUT2D eigenvalue weighted by atomic mass is 16.6. The van der Waals surface area contributed by atoms with Gasteiger partial charge in [0, 0.05) is 40.8 Å². The van der Waals surface area contributed by atoms with Crippen LogP contribution in [0.3, 0.4) is 0 Å². The number of nitrogens with zero attached hydrogens (tertiary/aromatic N) is 3. The third kappa shape index (κ3) is 4.65. The van der Waals surface area contributed by atoms with E-state index in [2.05, 4.69) is 51.5 Å². The van der Waals surface area contributed by atoms with Gasteiger partial charge < -0.3 is 4.57 Å². The van der Waals surface area contributed by atoms with E-state index >= 15 is 0 Å². The highest BCUT2D eigenvalue weighted by Crippen LogP contribution is 2.24. The largest absolute Gasteiger partial charge is 0.342 e. The van der Waals surface area contributed by atoms with Crippen molar-refractivity contribution in [3.8, 4) is 0 Å². The lowest BCUT2D eigenvalue weighted by atomic mass is 10.0. The van der Waals surface area contributed by atoms with Crippen LogP contribution in [0.1, 0.15) is 16.7 Å². The van der Waals surface area contributed by atoms with Gasteiger partial charge in [-0.3, -0.25) is 14.9 Å². The quantitative estimate of drug-likeness (QED) is 0.198. The third-order valence-electron chi connectivity index (χ3n) is 5.97.